The number of carboxylic acids is 1. The number of aromatic carboxylic acids is 1. The van der Waals surface area contributed by atoms with Gasteiger partial charge in [-0.05, 0) is 25.1 Å². The third kappa shape index (κ3) is 3.22. The smallest absolute Gasteiger partial charge is 0.356 e. The summed E-state index contributed by atoms with van der Waals surface area (Å²) in [6, 6.07) is 3.40. The van der Waals surface area contributed by atoms with Crippen molar-refractivity contribution < 1.29 is 23.5 Å². The fraction of sp³-hybridized carbons (Fsp3) is 0.154. The van der Waals surface area contributed by atoms with Crippen molar-refractivity contribution in [1.82, 2.24) is 9.78 Å². The van der Waals surface area contributed by atoms with Crippen molar-refractivity contribution in [3.8, 4) is 0 Å². The van der Waals surface area contributed by atoms with Gasteiger partial charge in [-0.2, -0.15) is 5.10 Å². The number of carbonyl (C=O) groups is 2. The second-order valence-corrected chi connectivity index (χ2v) is 4.28. The maximum absolute atomic E-state index is 13.0. The van der Waals surface area contributed by atoms with Crippen molar-refractivity contribution in [1.29, 1.82) is 0 Å². The van der Waals surface area contributed by atoms with E-state index in [-0.39, 0.29) is 11.4 Å². The summed E-state index contributed by atoms with van der Waals surface area (Å²) < 4.78 is 27.0. The Morgan fingerprint density at radius 2 is 2.00 bits per heavy atom. The van der Waals surface area contributed by atoms with Crippen LogP contribution in [-0.2, 0) is 4.79 Å². The summed E-state index contributed by atoms with van der Waals surface area (Å²) in [5.74, 6) is -3.84. The Labute approximate surface area is 118 Å². The van der Waals surface area contributed by atoms with Crippen LogP contribution in [-0.4, -0.2) is 26.8 Å². The van der Waals surface area contributed by atoms with Crippen LogP contribution in [0.1, 0.15) is 23.5 Å². The molecule has 1 amide bonds. The van der Waals surface area contributed by atoms with Gasteiger partial charge in [0, 0.05) is 18.0 Å². The lowest BCUT2D eigenvalue weighted by molar-refractivity contribution is -0.119. The van der Waals surface area contributed by atoms with Gasteiger partial charge in [0.1, 0.15) is 6.04 Å². The molecule has 0 spiro atoms. The molecule has 0 aliphatic rings. The Morgan fingerprint density at radius 1 is 1.29 bits per heavy atom. The van der Waals surface area contributed by atoms with Gasteiger partial charge in [0.15, 0.2) is 17.3 Å². The van der Waals surface area contributed by atoms with Crippen LogP contribution in [0.4, 0.5) is 14.5 Å². The lowest BCUT2D eigenvalue weighted by Gasteiger charge is -2.12. The number of benzene rings is 1. The van der Waals surface area contributed by atoms with Crippen molar-refractivity contribution in [2.45, 2.75) is 13.0 Å². The molecule has 8 heteroatoms. The van der Waals surface area contributed by atoms with Gasteiger partial charge >= 0.3 is 5.97 Å². The molecule has 0 saturated heterocycles. The molecule has 1 heterocycles. The fourth-order valence-electron chi connectivity index (χ4n) is 1.61. The molecule has 1 atom stereocenters. The van der Waals surface area contributed by atoms with Crippen LogP contribution in [0.15, 0.2) is 30.5 Å². The monoisotopic (exact) mass is 295 g/mol. The first-order valence-electron chi connectivity index (χ1n) is 5.93. The van der Waals surface area contributed by atoms with Crippen molar-refractivity contribution in [3.05, 3.63) is 47.8 Å². The largest absolute Gasteiger partial charge is 0.476 e. The first-order valence-corrected chi connectivity index (χ1v) is 5.93. The van der Waals surface area contributed by atoms with Crippen molar-refractivity contribution in [3.63, 3.8) is 0 Å². The summed E-state index contributed by atoms with van der Waals surface area (Å²) in [7, 11) is 0. The van der Waals surface area contributed by atoms with Gasteiger partial charge in [-0.3, -0.25) is 9.48 Å². The Bertz CT molecular complexity index is 700. The van der Waals surface area contributed by atoms with E-state index in [2.05, 4.69) is 10.4 Å². The number of hydrogen-bond acceptors (Lipinski definition) is 3. The maximum Gasteiger partial charge on any atom is 0.356 e. The topological polar surface area (TPSA) is 84.2 Å². The Morgan fingerprint density at radius 3 is 2.57 bits per heavy atom. The normalized spacial score (nSPS) is 12.0. The second-order valence-electron chi connectivity index (χ2n) is 4.28. The molecule has 21 heavy (non-hydrogen) atoms. The van der Waals surface area contributed by atoms with Crippen LogP contribution < -0.4 is 5.32 Å². The molecule has 1 unspecified atom stereocenters. The molecule has 110 valence electrons. The van der Waals surface area contributed by atoms with E-state index in [9.17, 15) is 18.4 Å². The van der Waals surface area contributed by atoms with Gasteiger partial charge in [0.2, 0.25) is 5.91 Å². The zero-order valence-corrected chi connectivity index (χ0v) is 10.9. The highest BCUT2D eigenvalue weighted by Gasteiger charge is 2.18. The molecule has 1 aromatic carbocycles. The molecule has 2 rings (SSSR count). The van der Waals surface area contributed by atoms with E-state index in [1.54, 1.807) is 0 Å². The number of amides is 1. The molecule has 0 saturated carbocycles. The van der Waals surface area contributed by atoms with E-state index in [1.807, 2.05) is 0 Å². The van der Waals surface area contributed by atoms with E-state index in [1.165, 1.54) is 29.9 Å². The SMILES string of the molecule is CC(C(=O)Nc1ccc(F)c(F)c1)n1ccc(C(=O)O)n1. The number of rotatable bonds is 4. The zero-order chi connectivity index (χ0) is 15.6. The van der Waals surface area contributed by atoms with Crippen molar-refractivity contribution in [2.24, 2.45) is 0 Å². The average molecular weight is 295 g/mol. The first kappa shape index (κ1) is 14.6. The molecule has 0 aliphatic heterocycles. The van der Waals surface area contributed by atoms with E-state index in [0.717, 1.165) is 12.1 Å². The van der Waals surface area contributed by atoms with Gasteiger partial charge in [-0.1, -0.05) is 0 Å². The molecule has 6 nitrogen and oxygen atoms in total. The number of halogens is 2. The Kier molecular flexibility index (Phi) is 3.97. The summed E-state index contributed by atoms with van der Waals surface area (Å²) in [6.45, 7) is 1.49. The quantitative estimate of drug-likeness (QED) is 0.904. The number of anilines is 1. The highest BCUT2D eigenvalue weighted by molar-refractivity contribution is 5.93. The predicted octanol–water partition coefficient (Wildman–Crippen LogP) is 2.06. The number of nitrogens with zero attached hydrogens (tertiary/aromatic N) is 2. The minimum Gasteiger partial charge on any atom is -0.476 e. The second kappa shape index (κ2) is 5.70. The van der Waals surface area contributed by atoms with Gasteiger partial charge in [0.25, 0.3) is 0 Å². The van der Waals surface area contributed by atoms with Crippen molar-refractivity contribution >= 4 is 17.6 Å². The summed E-state index contributed by atoms with van der Waals surface area (Å²) >= 11 is 0. The average Bonchev–Trinajstić information content (AvgIpc) is 2.92. The molecule has 0 aliphatic carbocycles. The molecule has 0 radical (unpaired) electrons. The lowest BCUT2D eigenvalue weighted by atomic mass is 10.2. The lowest BCUT2D eigenvalue weighted by Crippen LogP contribution is -2.24. The van der Waals surface area contributed by atoms with Crippen LogP contribution >= 0.6 is 0 Å². The minimum atomic E-state index is -1.21. The highest BCUT2D eigenvalue weighted by Crippen LogP contribution is 2.15. The number of hydrogen-bond donors (Lipinski definition) is 2. The Balaban J connectivity index is 2.11. The van der Waals surface area contributed by atoms with Crippen molar-refractivity contribution in [2.75, 3.05) is 5.32 Å². The van der Waals surface area contributed by atoms with Crippen LogP contribution in [0, 0.1) is 11.6 Å². The predicted molar refractivity (Wildman–Crippen MR) is 68.9 cm³/mol. The summed E-state index contributed by atoms with van der Waals surface area (Å²) in [5, 5.41) is 14.9. The zero-order valence-electron chi connectivity index (χ0n) is 10.9. The van der Waals surface area contributed by atoms with Gasteiger partial charge in [0.05, 0.1) is 0 Å². The molecule has 2 N–H and O–H groups in total. The molecular formula is C13H11F2N3O3. The standard InChI is InChI=1S/C13H11F2N3O3/c1-7(18-5-4-11(17-18)13(20)21)12(19)16-8-2-3-9(14)10(15)6-8/h2-7H,1H3,(H,16,19)(H,20,21). The summed E-state index contributed by atoms with van der Waals surface area (Å²) in [6.07, 6.45) is 1.35. The number of carbonyl (C=O) groups excluding carboxylic acids is 1. The minimum absolute atomic E-state index is 0.0939. The number of aromatic nitrogens is 2. The number of nitrogens with one attached hydrogen (secondary N) is 1. The van der Waals surface area contributed by atoms with E-state index < -0.39 is 29.6 Å². The Hall–Kier alpha value is -2.77. The molecule has 1 aromatic heterocycles. The maximum atomic E-state index is 13.0. The van der Waals surface area contributed by atoms with Crippen LogP contribution in [0.5, 0.6) is 0 Å². The fourth-order valence-corrected chi connectivity index (χ4v) is 1.61. The first-order chi connectivity index (χ1) is 9.88. The number of carboxylic acid groups (broad SMARTS) is 1. The third-order valence-electron chi connectivity index (χ3n) is 2.79. The summed E-state index contributed by atoms with van der Waals surface area (Å²) in [5.41, 5.74) is -0.0983. The summed E-state index contributed by atoms with van der Waals surface area (Å²) in [4.78, 5) is 22.7. The van der Waals surface area contributed by atoms with E-state index in [4.69, 9.17) is 5.11 Å². The van der Waals surface area contributed by atoms with Gasteiger partial charge in [-0.25, -0.2) is 13.6 Å². The van der Waals surface area contributed by atoms with E-state index >= 15 is 0 Å². The van der Waals surface area contributed by atoms with Crippen LogP contribution in [0.25, 0.3) is 0 Å². The van der Waals surface area contributed by atoms with Crippen LogP contribution in [0.3, 0.4) is 0 Å². The molecule has 2 aromatic rings. The molecule has 0 bridgehead atoms. The van der Waals surface area contributed by atoms with Gasteiger partial charge < -0.3 is 10.4 Å². The molecular weight excluding hydrogens is 284 g/mol. The highest BCUT2D eigenvalue weighted by atomic mass is 19.2. The van der Waals surface area contributed by atoms with Gasteiger partial charge in [-0.15, -0.1) is 0 Å². The molecule has 0 fully saturated rings. The third-order valence-corrected chi connectivity index (χ3v) is 2.79. The van der Waals surface area contributed by atoms with E-state index in [0.29, 0.717) is 0 Å². The van der Waals surface area contributed by atoms with Crippen LogP contribution in [0.2, 0.25) is 0 Å².